The van der Waals surface area contributed by atoms with Gasteiger partial charge in [-0.15, -0.1) is 0 Å². The normalized spacial score (nSPS) is 22.6. The van der Waals surface area contributed by atoms with Crippen LogP contribution < -0.4 is 5.73 Å². The van der Waals surface area contributed by atoms with Gasteiger partial charge in [-0.1, -0.05) is 36.4 Å². The van der Waals surface area contributed by atoms with Crippen LogP contribution in [0.3, 0.4) is 0 Å². The van der Waals surface area contributed by atoms with E-state index in [1.807, 2.05) is 12.3 Å². The molecule has 1 fully saturated rings. The maximum Gasteiger partial charge on any atom is 0.0491 e. The average Bonchev–Trinajstić information content (AvgIpc) is 2.56. The Kier molecular flexibility index (Phi) is 4.86. The highest BCUT2D eigenvalue weighted by atomic mass is 15.1. The van der Waals surface area contributed by atoms with Crippen molar-refractivity contribution in [2.24, 2.45) is 5.73 Å². The summed E-state index contributed by atoms with van der Waals surface area (Å²) < 4.78 is 0. The fourth-order valence-electron chi connectivity index (χ4n) is 3.35. The van der Waals surface area contributed by atoms with Gasteiger partial charge in [-0.05, 0) is 43.5 Å². The number of nitrogens with zero attached hydrogens (tertiary/aromatic N) is 2. The Morgan fingerprint density at radius 3 is 2.77 bits per heavy atom. The number of hydrogen-bond acceptors (Lipinski definition) is 3. The van der Waals surface area contributed by atoms with Gasteiger partial charge >= 0.3 is 0 Å². The Morgan fingerprint density at radius 2 is 2.00 bits per heavy atom. The van der Waals surface area contributed by atoms with Crippen molar-refractivity contribution in [3.05, 3.63) is 65.5 Å². The predicted octanol–water partition coefficient (Wildman–Crippen LogP) is 2.75. The summed E-state index contributed by atoms with van der Waals surface area (Å²) >= 11 is 0. The largest absolute Gasteiger partial charge is 0.327 e. The van der Waals surface area contributed by atoms with Gasteiger partial charge in [0.2, 0.25) is 0 Å². The van der Waals surface area contributed by atoms with Crippen LogP contribution in [0.1, 0.15) is 29.2 Å². The number of likely N-dealkylation sites (tertiary alicyclic amines) is 1. The molecule has 22 heavy (non-hydrogen) atoms. The Morgan fingerprint density at radius 1 is 1.18 bits per heavy atom. The Balaban J connectivity index is 1.65. The highest BCUT2D eigenvalue weighted by Gasteiger charge is 2.29. The van der Waals surface area contributed by atoms with Crippen LogP contribution >= 0.6 is 0 Å². The van der Waals surface area contributed by atoms with E-state index in [2.05, 4.69) is 53.2 Å². The number of hydrogen-bond donors (Lipinski definition) is 1. The molecule has 1 aromatic heterocycles. The van der Waals surface area contributed by atoms with Crippen molar-refractivity contribution in [1.29, 1.82) is 0 Å². The molecule has 1 saturated heterocycles. The lowest BCUT2D eigenvalue weighted by Crippen LogP contribution is -2.46. The fraction of sp³-hybridized carbons (Fsp3) is 0.421. The van der Waals surface area contributed by atoms with Gasteiger partial charge in [-0.25, -0.2) is 0 Å². The first-order valence-electron chi connectivity index (χ1n) is 8.17. The summed E-state index contributed by atoms with van der Waals surface area (Å²) in [6, 6.07) is 15.1. The molecule has 2 aromatic rings. The van der Waals surface area contributed by atoms with E-state index in [4.69, 9.17) is 5.73 Å². The molecule has 0 bridgehead atoms. The first-order valence-corrected chi connectivity index (χ1v) is 8.17. The Hall–Kier alpha value is -1.71. The molecule has 0 saturated carbocycles. The number of aryl methyl sites for hydroxylation is 1. The van der Waals surface area contributed by atoms with Gasteiger partial charge < -0.3 is 10.6 Å². The lowest BCUT2D eigenvalue weighted by Gasteiger charge is -2.37. The lowest BCUT2D eigenvalue weighted by atomic mass is 9.87. The maximum absolute atomic E-state index is 6.38. The minimum absolute atomic E-state index is 0.224. The molecule has 0 amide bonds. The second kappa shape index (κ2) is 7.03. The fourth-order valence-corrected chi connectivity index (χ4v) is 3.35. The van der Waals surface area contributed by atoms with Crippen LogP contribution in [0.4, 0.5) is 0 Å². The van der Waals surface area contributed by atoms with Crippen LogP contribution in [0.25, 0.3) is 0 Å². The second-order valence-electron chi connectivity index (χ2n) is 6.30. The van der Waals surface area contributed by atoms with E-state index in [1.165, 1.54) is 16.8 Å². The van der Waals surface area contributed by atoms with Crippen molar-refractivity contribution in [3.8, 4) is 0 Å². The van der Waals surface area contributed by atoms with E-state index < -0.39 is 0 Å². The van der Waals surface area contributed by atoms with Gasteiger partial charge in [-0.2, -0.15) is 0 Å². The van der Waals surface area contributed by atoms with Crippen LogP contribution in [0.5, 0.6) is 0 Å². The summed E-state index contributed by atoms with van der Waals surface area (Å²) in [7, 11) is 0. The van der Waals surface area contributed by atoms with E-state index >= 15 is 0 Å². The van der Waals surface area contributed by atoms with Crippen molar-refractivity contribution < 1.29 is 0 Å². The monoisotopic (exact) mass is 295 g/mol. The first kappa shape index (κ1) is 15.2. The molecule has 2 unspecified atom stereocenters. The molecule has 0 aliphatic carbocycles. The van der Waals surface area contributed by atoms with Gasteiger partial charge in [0.25, 0.3) is 0 Å². The van der Waals surface area contributed by atoms with E-state index in [0.29, 0.717) is 5.92 Å². The number of nitrogens with two attached hydrogens (primary N) is 1. The SMILES string of the molecule is Cc1cccnc1C1CN(CCc2ccccc2)CCC1N. The van der Waals surface area contributed by atoms with Crippen molar-refractivity contribution >= 4 is 0 Å². The van der Waals surface area contributed by atoms with Gasteiger partial charge in [-0.3, -0.25) is 4.98 Å². The summed E-state index contributed by atoms with van der Waals surface area (Å²) in [5.74, 6) is 0.353. The van der Waals surface area contributed by atoms with Crippen LogP contribution in [0.2, 0.25) is 0 Å². The van der Waals surface area contributed by atoms with Crippen molar-refractivity contribution in [3.63, 3.8) is 0 Å². The molecule has 1 aliphatic rings. The summed E-state index contributed by atoms with van der Waals surface area (Å²) in [4.78, 5) is 7.14. The molecule has 0 radical (unpaired) electrons. The average molecular weight is 295 g/mol. The highest BCUT2D eigenvalue weighted by molar-refractivity contribution is 5.24. The third-order valence-electron chi connectivity index (χ3n) is 4.71. The van der Waals surface area contributed by atoms with Gasteiger partial charge in [0.1, 0.15) is 0 Å². The molecule has 2 heterocycles. The van der Waals surface area contributed by atoms with Gasteiger partial charge in [0.05, 0.1) is 0 Å². The molecule has 3 heteroatoms. The molecule has 2 atom stereocenters. The number of piperidine rings is 1. The molecule has 1 aromatic carbocycles. The summed E-state index contributed by atoms with van der Waals surface area (Å²) in [5, 5.41) is 0. The Bertz CT molecular complexity index is 597. The Labute approximate surface area is 133 Å². The molecule has 116 valence electrons. The van der Waals surface area contributed by atoms with E-state index in [1.54, 1.807) is 0 Å². The van der Waals surface area contributed by atoms with Crippen LogP contribution in [-0.2, 0) is 6.42 Å². The molecule has 0 spiro atoms. The summed E-state index contributed by atoms with van der Waals surface area (Å²) in [5.41, 5.74) is 10.2. The minimum atomic E-state index is 0.224. The summed E-state index contributed by atoms with van der Waals surface area (Å²) in [6.07, 6.45) is 4.04. The molecule has 2 N–H and O–H groups in total. The third-order valence-corrected chi connectivity index (χ3v) is 4.71. The maximum atomic E-state index is 6.38. The zero-order valence-corrected chi connectivity index (χ0v) is 13.3. The number of rotatable bonds is 4. The lowest BCUT2D eigenvalue weighted by molar-refractivity contribution is 0.190. The van der Waals surface area contributed by atoms with Crippen molar-refractivity contribution in [2.45, 2.75) is 31.7 Å². The van der Waals surface area contributed by atoms with Gasteiger partial charge in [0, 0.05) is 36.9 Å². The standard InChI is InChI=1S/C19H25N3/c1-15-6-5-11-21-19(15)17-14-22(13-10-18(17)20)12-9-16-7-3-2-4-8-16/h2-8,11,17-18H,9-10,12-14,20H2,1H3. The van der Waals surface area contributed by atoms with Crippen LogP contribution in [-0.4, -0.2) is 35.6 Å². The number of aromatic nitrogens is 1. The topological polar surface area (TPSA) is 42.2 Å². The number of benzene rings is 1. The zero-order valence-electron chi connectivity index (χ0n) is 13.3. The smallest absolute Gasteiger partial charge is 0.0491 e. The molecular formula is C19H25N3. The molecule has 3 nitrogen and oxygen atoms in total. The first-order chi connectivity index (χ1) is 10.7. The van der Waals surface area contributed by atoms with E-state index in [0.717, 1.165) is 32.5 Å². The van der Waals surface area contributed by atoms with Crippen LogP contribution in [0.15, 0.2) is 48.7 Å². The van der Waals surface area contributed by atoms with Crippen molar-refractivity contribution in [1.82, 2.24) is 9.88 Å². The quantitative estimate of drug-likeness (QED) is 0.943. The molecule has 3 rings (SSSR count). The second-order valence-corrected chi connectivity index (χ2v) is 6.30. The van der Waals surface area contributed by atoms with E-state index in [-0.39, 0.29) is 6.04 Å². The van der Waals surface area contributed by atoms with Crippen molar-refractivity contribution in [2.75, 3.05) is 19.6 Å². The predicted molar refractivity (Wildman–Crippen MR) is 90.9 cm³/mol. The number of pyridine rings is 1. The van der Waals surface area contributed by atoms with E-state index in [9.17, 15) is 0 Å². The molecule has 1 aliphatic heterocycles. The van der Waals surface area contributed by atoms with Crippen LogP contribution in [0, 0.1) is 6.92 Å². The van der Waals surface area contributed by atoms with Gasteiger partial charge in [0.15, 0.2) is 0 Å². The zero-order chi connectivity index (χ0) is 15.4. The third kappa shape index (κ3) is 3.54. The molecular weight excluding hydrogens is 270 g/mol. The highest BCUT2D eigenvalue weighted by Crippen LogP contribution is 2.26. The summed E-state index contributed by atoms with van der Waals surface area (Å²) in [6.45, 7) is 5.35. The minimum Gasteiger partial charge on any atom is -0.327 e.